The number of aryl methyl sites for hydroxylation is 2. The van der Waals surface area contributed by atoms with Crippen LogP contribution in [0.25, 0.3) is 0 Å². The van der Waals surface area contributed by atoms with Crippen LogP contribution in [0.5, 0.6) is 0 Å². The van der Waals surface area contributed by atoms with Crippen molar-refractivity contribution in [1.82, 2.24) is 0 Å². The molecule has 0 amide bonds. The molecule has 0 heterocycles. The van der Waals surface area contributed by atoms with Gasteiger partial charge in [-0.1, -0.05) is 50.6 Å². The molecule has 0 spiro atoms. The minimum Gasteiger partial charge on any atom is -0.301 e. The number of anilines is 2. The van der Waals surface area contributed by atoms with E-state index >= 15 is 0 Å². The normalized spacial score (nSPS) is 10.3. The van der Waals surface area contributed by atoms with Gasteiger partial charge < -0.3 is 10.9 Å². The minimum atomic E-state index is 1.03. The lowest BCUT2D eigenvalue weighted by Crippen LogP contribution is -2.10. The quantitative estimate of drug-likeness (QED) is 0.688. The van der Waals surface area contributed by atoms with Crippen LogP contribution >= 0.6 is 0 Å². The summed E-state index contributed by atoms with van der Waals surface area (Å²) in [5, 5.41) is 0. The van der Waals surface area contributed by atoms with Crippen LogP contribution in [0.1, 0.15) is 37.8 Å². The van der Waals surface area contributed by atoms with Crippen LogP contribution in [0.2, 0.25) is 0 Å². The lowest BCUT2D eigenvalue weighted by molar-refractivity contribution is 0.795. The third-order valence-electron chi connectivity index (χ3n) is 3.51. The second kappa shape index (κ2) is 7.59. The van der Waals surface area contributed by atoms with Crippen molar-refractivity contribution in [2.75, 3.05) is 10.9 Å². The van der Waals surface area contributed by atoms with E-state index in [9.17, 15) is 0 Å². The molecule has 2 heteroatoms. The van der Waals surface area contributed by atoms with Crippen molar-refractivity contribution in [3.05, 3.63) is 59.7 Å². The molecule has 2 aromatic rings. The number of hydrogen-bond donors (Lipinski definition) is 2. The van der Waals surface area contributed by atoms with E-state index in [0.717, 1.165) is 17.8 Å². The van der Waals surface area contributed by atoms with Crippen molar-refractivity contribution < 1.29 is 0 Å². The lowest BCUT2D eigenvalue weighted by Gasteiger charge is -2.13. The standard InChI is InChI=1S/C18H24N2/c1-3-5-8-15-11-13-17(14-12-15)19-20-18-10-7-6-9-16(18)4-2/h6-7,9-14,19-20H,3-5,8H2,1-2H3. The van der Waals surface area contributed by atoms with Crippen molar-refractivity contribution in [3.63, 3.8) is 0 Å². The van der Waals surface area contributed by atoms with Gasteiger partial charge in [0.1, 0.15) is 0 Å². The first-order chi connectivity index (χ1) is 9.83. The number of nitrogens with one attached hydrogen (secondary N) is 2. The molecule has 106 valence electrons. The SMILES string of the molecule is CCCCc1ccc(NNc2ccccc2CC)cc1. The van der Waals surface area contributed by atoms with Gasteiger partial charge in [-0.2, -0.15) is 0 Å². The summed E-state index contributed by atoms with van der Waals surface area (Å²) in [5.74, 6) is 0. The maximum absolute atomic E-state index is 3.29. The average molecular weight is 268 g/mol. The summed E-state index contributed by atoms with van der Waals surface area (Å²) >= 11 is 0. The van der Waals surface area contributed by atoms with Crippen LogP contribution in [0.15, 0.2) is 48.5 Å². The summed E-state index contributed by atoms with van der Waals surface area (Å²) in [6.07, 6.45) is 4.70. The van der Waals surface area contributed by atoms with Gasteiger partial charge in [0.05, 0.1) is 11.4 Å². The summed E-state index contributed by atoms with van der Waals surface area (Å²) in [4.78, 5) is 0. The number of benzene rings is 2. The number of unbranched alkanes of at least 4 members (excludes halogenated alkanes) is 1. The zero-order chi connectivity index (χ0) is 14.2. The molecule has 2 aromatic carbocycles. The van der Waals surface area contributed by atoms with Crippen LogP contribution < -0.4 is 10.9 Å². The highest BCUT2D eigenvalue weighted by Gasteiger charge is 1.99. The van der Waals surface area contributed by atoms with Gasteiger partial charge in [0.2, 0.25) is 0 Å². The molecule has 0 aliphatic carbocycles. The smallest absolute Gasteiger partial charge is 0.0571 e. The van der Waals surface area contributed by atoms with Crippen LogP contribution in [-0.4, -0.2) is 0 Å². The summed E-state index contributed by atoms with van der Waals surface area (Å²) in [7, 11) is 0. The molecule has 0 unspecified atom stereocenters. The number of rotatable bonds is 7. The van der Waals surface area contributed by atoms with E-state index in [1.165, 1.54) is 30.4 Å². The largest absolute Gasteiger partial charge is 0.301 e. The van der Waals surface area contributed by atoms with Gasteiger partial charge in [-0.05, 0) is 48.6 Å². The Morgan fingerprint density at radius 3 is 2.30 bits per heavy atom. The average Bonchev–Trinajstić information content (AvgIpc) is 2.52. The van der Waals surface area contributed by atoms with E-state index in [2.05, 4.69) is 73.2 Å². The lowest BCUT2D eigenvalue weighted by atomic mass is 10.1. The van der Waals surface area contributed by atoms with E-state index in [-0.39, 0.29) is 0 Å². The van der Waals surface area contributed by atoms with Gasteiger partial charge in [0.15, 0.2) is 0 Å². The monoisotopic (exact) mass is 268 g/mol. The predicted molar refractivity (Wildman–Crippen MR) is 88.1 cm³/mol. The van der Waals surface area contributed by atoms with E-state index < -0.39 is 0 Å². The van der Waals surface area contributed by atoms with Gasteiger partial charge in [-0.15, -0.1) is 0 Å². The number of para-hydroxylation sites is 1. The molecule has 0 atom stereocenters. The third kappa shape index (κ3) is 4.02. The molecule has 0 aliphatic rings. The Balaban J connectivity index is 1.93. The Hall–Kier alpha value is -1.96. The zero-order valence-electron chi connectivity index (χ0n) is 12.4. The van der Waals surface area contributed by atoms with E-state index in [1.54, 1.807) is 0 Å². The van der Waals surface area contributed by atoms with Gasteiger partial charge in [0.25, 0.3) is 0 Å². The van der Waals surface area contributed by atoms with Gasteiger partial charge >= 0.3 is 0 Å². The van der Waals surface area contributed by atoms with E-state index in [4.69, 9.17) is 0 Å². The fourth-order valence-corrected chi connectivity index (χ4v) is 2.23. The van der Waals surface area contributed by atoms with Crippen LogP contribution in [-0.2, 0) is 12.8 Å². The molecule has 0 aliphatic heterocycles. The fourth-order valence-electron chi connectivity index (χ4n) is 2.23. The maximum Gasteiger partial charge on any atom is 0.0571 e. The molecule has 2 rings (SSSR count). The van der Waals surface area contributed by atoms with Gasteiger partial charge in [-0.3, -0.25) is 0 Å². The molecule has 0 fully saturated rings. The Morgan fingerprint density at radius 2 is 1.60 bits per heavy atom. The highest BCUT2D eigenvalue weighted by Crippen LogP contribution is 2.17. The van der Waals surface area contributed by atoms with Crippen molar-refractivity contribution in [1.29, 1.82) is 0 Å². The highest BCUT2D eigenvalue weighted by molar-refractivity contribution is 5.56. The van der Waals surface area contributed by atoms with Crippen molar-refractivity contribution in [3.8, 4) is 0 Å². The van der Waals surface area contributed by atoms with Crippen LogP contribution in [0, 0.1) is 0 Å². The first-order valence-electron chi connectivity index (χ1n) is 7.52. The molecule has 2 N–H and O–H groups in total. The summed E-state index contributed by atoms with van der Waals surface area (Å²) < 4.78 is 0. The summed E-state index contributed by atoms with van der Waals surface area (Å²) in [5.41, 5.74) is 11.5. The molecule has 20 heavy (non-hydrogen) atoms. The molecule has 0 radical (unpaired) electrons. The van der Waals surface area contributed by atoms with Gasteiger partial charge in [0, 0.05) is 0 Å². The summed E-state index contributed by atoms with van der Waals surface area (Å²) in [6.45, 7) is 4.40. The zero-order valence-corrected chi connectivity index (χ0v) is 12.4. The molecule has 2 nitrogen and oxygen atoms in total. The Morgan fingerprint density at radius 1 is 0.850 bits per heavy atom. The molecular weight excluding hydrogens is 244 g/mol. The minimum absolute atomic E-state index is 1.03. The van der Waals surface area contributed by atoms with Crippen LogP contribution in [0.4, 0.5) is 11.4 Å². The Bertz CT molecular complexity index is 517. The molecule has 0 bridgehead atoms. The maximum atomic E-state index is 3.29. The van der Waals surface area contributed by atoms with Gasteiger partial charge in [-0.25, -0.2) is 0 Å². The number of hydrogen-bond acceptors (Lipinski definition) is 2. The Labute approximate surface area is 122 Å². The van der Waals surface area contributed by atoms with E-state index in [1.807, 2.05) is 0 Å². The second-order valence-corrected chi connectivity index (χ2v) is 5.06. The molecule has 0 aromatic heterocycles. The van der Waals surface area contributed by atoms with E-state index in [0.29, 0.717) is 0 Å². The van der Waals surface area contributed by atoms with Crippen molar-refractivity contribution >= 4 is 11.4 Å². The topological polar surface area (TPSA) is 24.1 Å². The Kier molecular flexibility index (Phi) is 5.48. The van der Waals surface area contributed by atoms with Crippen molar-refractivity contribution in [2.45, 2.75) is 39.5 Å². The summed E-state index contributed by atoms with van der Waals surface area (Å²) in [6, 6.07) is 17.0. The molecular formula is C18H24N2. The molecule has 0 saturated heterocycles. The molecule has 0 saturated carbocycles. The number of hydrazine groups is 1. The second-order valence-electron chi connectivity index (χ2n) is 5.06. The third-order valence-corrected chi connectivity index (χ3v) is 3.51. The van der Waals surface area contributed by atoms with Crippen molar-refractivity contribution in [2.24, 2.45) is 0 Å². The predicted octanol–water partition coefficient (Wildman–Crippen LogP) is 5.03. The highest BCUT2D eigenvalue weighted by atomic mass is 15.4. The first-order valence-corrected chi connectivity index (χ1v) is 7.52. The first kappa shape index (κ1) is 14.4. The fraction of sp³-hybridized carbons (Fsp3) is 0.333. The van der Waals surface area contributed by atoms with Crippen LogP contribution in [0.3, 0.4) is 0 Å².